The number of para-hydroxylation sites is 1. The summed E-state index contributed by atoms with van der Waals surface area (Å²) >= 11 is 6.46. The fourth-order valence-electron chi connectivity index (χ4n) is 4.09. The van der Waals surface area contributed by atoms with E-state index >= 15 is 0 Å². The van der Waals surface area contributed by atoms with Crippen molar-refractivity contribution in [1.29, 1.82) is 0 Å². The van der Waals surface area contributed by atoms with Crippen LogP contribution in [0.4, 0.5) is 17.3 Å². The van der Waals surface area contributed by atoms with Crippen LogP contribution in [-0.4, -0.2) is 34.1 Å². The highest BCUT2D eigenvalue weighted by Crippen LogP contribution is 2.32. The van der Waals surface area contributed by atoms with Gasteiger partial charge in [0.05, 0.1) is 16.9 Å². The van der Waals surface area contributed by atoms with Gasteiger partial charge in [-0.25, -0.2) is 9.97 Å². The van der Waals surface area contributed by atoms with Crippen molar-refractivity contribution in [2.24, 2.45) is 0 Å². The van der Waals surface area contributed by atoms with Gasteiger partial charge < -0.3 is 20.9 Å². The summed E-state index contributed by atoms with van der Waals surface area (Å²) in [5, 5.41) is 5.15. The van der Waals surface area contributed by atoms with Gasteiger partial charge in [0, 0.05) is 53.2 Å². The first kappa shape index (κ1) is 18.8. The molecule has 1 aliphatic heterocycles. The molecule has 3 heterocycles. The summed E-state index contributed by atoms with van der Waals surface area (Å²) in [6.07, 6.45) is 5.80. The number of aromatic nitrogens is 3. The molecule has 0 spiro atoms. The summed E-state index contributed by atoms with van der Waals surface area (Å²) in [5.41, 5.74) is 10.6. The van der Waals surface area contributed by atoms with E-state index < -0.39 is 0 Å². The summed E-state index contributed by atoms with van der Waals surface area (Å²) in [6.45, 7) is 1.92. The highest BCUT2D eigenvalue weighted by molar-refractivity contribution is 6.33. The minimum atomic E-state index is 0.258. The lowest BCUT2D eigenvalue weighted by atomic mass is 10.0. The molecule has 4 aromatic rings. The van der Waals surface area contributed by atoms with Gasteiger partial charge in [-0.05, 0) is 43.2 Å². The van der Waals surface area contributed by atoms with Gasteiger partial charge in [-0.2, -0.15) is 0 Å². The SMILES string of the molecule is Nc1ccc(N2CCC[C@@H](Nc3ncc(Cl)c(-c4c[nH]c5ccccc45)n3)C2)cc1. The fourth-order valence-corrected chi connectivity index (χ4v) is 4.28. The third kappa shape index (κ3) is 3.66. The zero-order valence-corrected chi connectivity index (χ0v) is 17.2. The summed E-state index contributed by atoms with van der Waals surface area (Å²) in [7, 11) is 0. The van der Waals surface area contributed by atoms with Gasteiger partial charge in [0.15, 0.2) is 0 Å². The highest BCUT2D eigenvalue weighted by atomic mass is 35.5. The van der Waals surface area contributed by atoms with Crippen molar-refractivity contribution in [2.75, 3.05) is 29.0 Å². The number of fused-ring (bicyclic) bond motifs is 1. The number of halogens is 1. The molecule has 152 valence electrons. The van der Waals surface area contributed by atoms with Gasteiger partial charge in [-0.3, -0.25) is 0 Å². The van der Waals surface area contributed by atoms with Crippen molar-refractivity contribution < 1.29 is 0 Å². The van der Waals surface area contributed by atoms with E-state index in [9.17, 15) is 0 Å². The number of H-pyrrole nitrogens is 1. The Morgan fingerprint density at radius 2 is 1.97 bits per heavy atom. The molecule has 0 saturated carbocycles. The van der Waals surface area contributed by atoms with Crippen LogP contribution in [0, 0.1) is 0 Å². The Bertz CT molecular complexity index is 1170. The Balaban J connectivity index is 1.37. The fraction of sp³-hybridized carbons (Fsp3) is 0.217. The van der Waals surface area contributed by atoms with Gasteiger partial charge >= 0.3 is 0 Å². The molecular weight excluding hydrogens is 396 g/mol. The van der Waals surface area contributed by atoms with Crippen LogP contribution in [0.1, 0.15) is 12.8 Å². The molecule has 2 aromatic carbocycles. The number of nitrogen functional groups attached to an aromatic ring is 1. The summed E-state index contributed by atoms with van der Waals surface area (Å²) < 4.78 is 0. The maximum absolute atomic E-state index is 6.46. The molecule has 0 amide bonds. The minimum absolute atomic E-state index is 0.258. The average molecular weight is 419 g/mol. The van der Waals surface area contributed by atoms with E-state index in [2.05, 4.69) is 38.4 Å². The second-order valence-corrected chi connectivity index (χ2v) is 8.07. The zero-order chi connectivity index (χ0) is 20.5. The minimum Gasteiger partial charge on any atom is -0.399 e. The maximum atomic E-state index is 6.46. The quantitative estimate of drug-likeness (QED) is 0.409. The second kappa shape index (κ2) is 7.88. The molecule has 1 aliphatic rings. The van der Waals surface area contributed by atoms with Gasteiger partial charge in [0.1, 0.15) is 0 Å². The van der Waals surface area contributed by atoms with Gasteiger partial charge in [-0.15, -0.1) is 0 Å². The van der Waals surface area contributed by atoms with Crippen LogP contribution < -0.4 is 16.0 Å². The number of nitrogens with one attached hydrogen (secondary N) is 2. The number of hydrogen-bond donors (Lipinski definition) is 3. The van der Waals surface area contributed by atoms with Crippen LogP contribution >= 0.6 is 11.6 Å². The molecule has 1 saturated heterocycles. The van der Waals surface area contributed by atoms with E-state index in [-0.39, 0.29) is 6.04 Å². The van der Waals surface area contributed by atoms with Crippen LogP contribution in [0.5, 0.6) is 0 Å². The number of hydrogen-bond acceptors (Lipinski definition) is 5. The zero-order valence-electron chi connectivity index (χ0n) is 16.5. The van der Waals surface area contributed by atoms with Crippen molar-refractivity contribution in [3.8, 4) is 11.3 Å². The maximum Gasteiger partial charge on any atom is 0.223 e. The van der Waals surface area contributed by atoms with Gasteiger partial charge in [0.2, 0.25) is 5.95 Å². The number of nitrogens with two attached hydrogens (primary N) is 1. The Labute approximate surface area is 180 Å². The molecular formula is C23H23ClN6. The molecule has 1 fully saturated rings. The van der Waals surface area contributed by atoms with Crippen LogP contribution in [0.25, 0.3) is 22.2 Å². The number of anilines is 3. The van der Waals surface area contributed by atoms with E-state index in [0.29, 0.717) is 11.0 Å². The molecule has 4 N–H and O–H groups in total. The smallest absolute Gasteiger partial charge is 0.223 e. The van der Waals surface area contributed by atoms with Gasteiger partial charge in [-0.1, -0.05) is 29.8 Å². The molecule has 5 rings (SSSR count). The Morgan fingerprint density at radius 1 is 1.13 bits per heavy atom. The number of piperidine rings is 1. The Morgan fingerprint density at radius 3 is 2.83 bits per heavy atom. The van der Waals surface area contributed by atoms with Crippen molar-refractivity contribution in [1.82, 2.24) is 15.0 Å². The van der Waals surface area contributed by atoms with E-state index in [0.717, 1.165) is 53.8 Å². The first-order valence-corrected chi connectivity index (χ1v) is 10.5. The summed E-state index contributed by atoms with van der Waals surface area (Å²) in [6, 6.07) is 16.4. The number of rotatable bonds is 4. The molecule has 30 heavy (non-hydrogen) atoms. The van der Waals surface area contributed by atoms with Crippen LogP contribution in [0.2, 0.25) is 5.02 Å². The first-order chi connectivity index (χ1) is 14.7. The predicted octanol–water partition coefficient (Wildman–Crippen LogP) is 4.94. The third-order valence-corrected chi connectivity index (χ3v) is 5.88. The largest absolute Gasteiger partial charge is 0.399 e. The lowest BCUT2D eigenvalue weighted by Crippen LogP contribution is -2.42. The number of aromatic amines is 1. The van der Waals surface area contributed by atoms with E-state index in [4.69, 9.17) is 22.3 Å². The lowest BCUT2D eigenvalue weighted by Gasteiger charge is -2.34. The molecule has 0 bridgehead atoms. The van der Waals surface area contributed by atoms with Crippen LogP contribution in [0.3, 0.4) is 0 Å². The van der Waals surface area contributed by atoms with E-state index in [1.807, 2.05) is 36.5 Å². The number of benzene rings is 2. The molecule has 0 aliphatic carbocycles. The van der Waals surface area contributed by atoms with Crippen molar-refractivity contribution >= 4 is 39.8 Å². The topological polar surface area (TPSA) is 82.9 Å². The standard InChI is InChI=1S/C23H23ClN6/c24-20-13-27-23(29-22(20)19-12-26-21-6-2-1-5-18(19)21)28-16-4-3-11-30(14-16)17-9-7-15(25)8-10-17/h1-2,5-10,12-13,16,26H,3-4,11,14,25H2,(H,27,28,29)/t16-/m1/s1. The molecule has 1 atom stereocenters. The summed E-state index contributed by atoms with van der Waals surface area (Å²) in [4.78, 5) is 14.9. The van der Waals surface area contributed by atoms with Gasteiger partial charge in [0.25, 0.3) is 0 Å². The highest BCUT2D eigenvalue weighted by Gasteiger charge is 2.21. The number of nitrogens with zero attached hydrogens (tertiary/aromatic N) is 3. The van der Waals surface area contributed by atoms with Crippen LogP contribution in [-0.2, 0) is 0 Å². The Hall–Kier alpha value is -3.25. The molecule has 0 unspecified atom stereocenters. The molecule has 6 nitrogen and oxygen atoms in total. The van der Waals surface area contributed by atoms with Crippen LogP contribution in [0.15, 0.2) is 60.9 Å². The van der Waals surface area contributed by atoms with E-state index in [1.165, 1.54) is 5.69 Å². The Kier molecular flexibility index (Phi) is 4.93. The second-order valence-electron chi connectivity index (χ2n) is 7.66. The third-order valence-electron chi connectivity index (χ3n) is 5.60. The monoisotopic (exact) mass is 418 g/mol. The predicted molar refractivity (Wildman–Crippen MR) is 124 cm³/mol. The van der Waals surface area contributed by atoms with Crippen molar-refractivity contribution in [3.05, 3.63) is 65.9 Å². The molecule has 0 radical (unpaired) electrons. The van der Waals surface area contributed by atoms with E-state index in [1.54, 1.807) is 6.20 Å². The first-order valence-electron chi connectivity index (χ1n) is 10.1. The molecule has 2 aromatic heterocycles. The lowest BCUT2D eigenvalue weighted by molar-refractivity contribution is 0.527. The normalized spacial score (nSPS) is 16.7. The van der Waals surface area contributed by atoms with Crippen molar-refractivity contribution in [3.63, 3.8) is 0 Å². The summed E-state index contributed by atoms with van der Waals surface area (Å²) in [5.74, 6) is 0.601. The van der Waals surface area contributed by atoms with Crippen molar-refractivity contribution in [2.45, 2.75) is 18.9 Å². The molecule has 7 heteroatoms. The average Bonchev–Trinajstić information content (AvgIpc) is 3.20.